The molecule has 0 radical (unpaired) electrons. The largest absolute Gasteiger partial charge is 0.481 e. The highest BCUT2D eigenvalue weighted by Crippen LogP contribution is 2.73. The van der Waals surface area contributed by atoms with Gasteiger partial charge in [0.2, 0.25) is 0 Å². The number of imidazole rings is 2. The summed E-state index contributed by atoms with van der Waals surface area (Å²) < 4.78 is 197. The maximum atomic E-state index is 14.1. The van der Waals surface area contributed by atoms with E-state index in [2.05, 4.69) is 65.3 Å². The van der Waals surface area contributed by atoms with Gasteiger partial charge in [0.15, 0.2) is 75.0 Å². The number of aromatic nitrogens is 8. The summed E-state index contributed by atoms with van der Waals surface area (Å²) >= 11 is 4.38. The second-order valence-electron chi connectivity index (χ2n) is 21.5. The van der Waals surface area contributed by atoms with Gasteiger partial charge in [-0.2, -0.15) is 63.0 Å². The molecule has 12 N–H and O–H groups in total. The predicted molar refractivity (Wildman–Crippen MR) is 364 cm³/mol. The lowest BCUT2D eigenvalue weighted by atomic mass is 10.1. The minimum Gasteiger partial charge on any atom is -0.439 e. The Labute approximate surface area is 604 Å². The average Bonchev–Trinajstić information content (AvgIpc) is 1.61. The Morgan fingerprint density at radius 3 is 1.33 bits per heavy atom. The topological polar surface area (TPSA) is 482 Å². The summed E-state index contributed by atoms with van der Waals surface area (Å²) in [6.07, 6.45) is -22.4. The summed E-state index contributed by atoms with van der Waals surface area (Å²) in [4.78, 5) is 121. The number of ether oxygens (including phenoxy) is 5. The summed E-state index contributed by atoms with van der Waals surface area (Å²) in [7, 11) is -23.9. The van der Waals surface area contributed by atoms with Crippen LogP contribution in [0.25, 0.3) is 22.3 Å². The Hall–Kier alpha value is -6.55. The van der Waals surface area contributed by atoms with Crippen LogP contribution in [0, 0.1) is 0 Å². The summed E-state index contributed by atoms with van der Waals surface area (Å²) in [5.74, 6) is 0.614. The summed E-state index contributed by atoms with van der Waals surface area (Å²) in [5.41, 5.74) is 0.918. The minimum atomic E-state index is -6.50. The zero-order valence-corrected chi connectivity index (χ0v) is 60.6. The zero-order chi connectivity index (χ0) is 76.7. The third-order valence-electron chi connectivity index (χ3n) is 13.9. The number of benzene rings is 3. The van der Waals surface area contributed by atoms with Crippen molar-refractivity contribution in [2.24, 2.45) is 0 Å². The van der Waals surface area contributed by atoms with Crippen LogP contribution in [0.5, 0.6) is 0 Å². The third-order valence-corrected chi connectivity index (χ3v) is 22.4. The Morgan fingerprint density at radius 2 is 0.933 bits per heavy atom. The number of alkyl halides is 8. The van der Waals surface area contributed by atoms with Crippen molar-refractivity contribution in [1.29, 1.82) is 0 Å². The summed E-state index contributed by atoms with van der Waals surface area (Å²) in [5, 5.41) is 18.8. The lowest BCUT2D eigenvalue weighted by Gasteiger charge is -2.25. The average molecular weight is 1650 g/mol. The molecule has 3 amide bonds. The molecule has 2 aliphatic rings. The van der Waals surface area contributed by atoms with E-state index in [9.17, 15) is 82.7 Å². The van der Waals surface area contributed by atoms with Crippen molar-refractivity contribution >= 4 is 147 Å². The molecule has 9 rings (SSSR count). The number of nitrogens with one attached hydrogen (secondary N) is 5. The smallest absolute Gasteiger partial charge is 0.439 e. The molecule has 2 saturated heterocycles. The Bertz CT molecular complexity index is 4290. The van der Waals surface area contributed by atoms with Gasteiger partial charge >= 0.3 is 66.9 Å². The van der Waals surface area contributed by atoms with E-state index in [0.717, 1.165) is 10.9 Å². The normalized spacial score (nSPS) is 20.5. The van der Waals surface area contributed by atoms with E-state index in [0.29, 0.717) is 53.8 Å². The first kappa shape index (κ1) is 84.1. The van der Waals surface area contributed by atoms with Crippen LogP contribution in [-0.4, -0.2) is 208 Å². The van der Waals surface area contributed by atoms with Crippen LogP contribution in [-0.2, 0) is 55.3 Å². The SMILES string of the molecule is CSCCNc1nc(SCCC(F)(F)F)nc2c1ncn2[C@@H]1O[C@H](COP(=O)(O)C(F)(F)P(=O)(O)O)[C@@H](O)[C@H]1OC(=O)Nc1ccccc1.CSCCNc1nc(SCCC(F)(F)F)nc2c1ncn2[C@@H]1O[C@H](COP(=O)(O)OP(=O)(O)O)[C@@H](OC(=O)Nc2ccccc2)[C@H]1OC(=O)Nc1ccccc1. The van der Waals surface area contributed by atoms with Gasteiger partial charge in [0.05, 0.1) is 38.7 Å². The zero-order valence-electron chi connectivity index (χ0n) is 53.8. The summed E-state index contributed by atoms with van der Waals surface area (Å²) in [6.45, 7) is -1.67. The van der Waals surface area contributed by atoms with E-state index >= 15 is 0 Å². The second kappa shape index (κ2) is 36.6. The molecule has 2 unspecified atom stereocenters. The van der Waals surface area contributed by atoms with Gasteiger partial charge in [-0.15, -0.1) is 0 Å². The first-order valence-corrected chi connectivity index (χ1v) is 40.9. The molecule has 35 nitrogen and oxygen atoms in total. The highest BCUT2D eigenvalue weighted by Gasteiger charge is 2.65. The number of nitrogens with zero attached hydrogens (tertiary/aromatic N) is 8. The molecule has 7 aromatic rings. The fraction of sp³-hybridized carbons (Fsp3) is 0.426. The molecule has 0 saturated carbocycles. The number of carbonyl (C=O) groups is 3. The highest BCUT2D eigenvalue weighted by atomic mass is 32.2. The van der Waals surface area contributed by atoms with Gasteiger partial charge in [-0.3, -0.25) is 38.7 Å². The van der Waals surface area contributed by atoms with E-state index in [4.69, 9.17) is 47.8 Å². The maximum absolute atomic E-state index is 14.1. The number of para-hydroxylation sites is 3. The number of thioether (sulfide) groups is 4. The van der Waals surface area contributed by atoms with Crippen molar-refractivity contribution in [2.75, 3.05) is 88.4 Å². The van der Waals surface area contributed by atoms with E-state index in [1.807, 2.05) is 12.5 Å². The number of hydrogen-bond donors (Lipinski definition) is 12. The number of phosphoric ester groups is 1. The molecule has 105 heavy (non-hydrogen) atoms. The first-order valence-electron chi connectivity index (χ1n) is 29.9. The molecule has 51 heteroatoms. The number of aliphatic hydroxyl groups is 1. The lowest BCUT2D eigenvalue weighted by Crippen LogP contribution is -2.42. The number of fused-ring (bicyclic) bond motifs is 2. The number of carbonyl (C=O) groups excluding carboxylic acids is 3. The van der Waals surface area contributed by atoms with Gasteiger partial charge in [0.25, 0.3) is 0 Å². The van der Waals surface area contributed by atoms with Crippen LogP contribution >= 0.6 is 77.9 Å². The molecule has 2 fully saturated rings. The van der Waals surface area contributed by atoms with Crippen LogP contribution in [0.4, 0.5) is 78.2 Å². The van der Waals surface area contributed by atoms with E-state index < -0.39 is 154 Å². The number of aliphatic hydroxyl groups excluding tert-OH is 1. The number of rotatable bonds is 32. The molecule has 3 aromatic carbocycles. The molecule has 0 spiro atoms. The Morgan fingerprint density at radius 1 is 0.543 bits per heavy atom. The van der Waals surface area contributed by atoms with E-state index in [1.165, 1.54) is 58.7 Å². The van der Waals surface area contributed by atoms with Crippen LogP contribution in [0.1, 0.15) is 25.3 Å². The van der Waals surface area contributed by atoms with Crippen molar-refractivity contribution in [2.45, 2.75) is 90.0 Å². The number of phosphoric acid groups is 2. The van der Waals surface area contributed by atoms with Crippen molar-refractivity contribution in [3.05, 3.63) is 104 Å². The Balaban J connectivity index is 0.000000268. The van der Waals surface area contributed by atoms with Gasteiger partial charge in [-0.1, -0.05) is 78.1 Å². The molecule has 0 aliphatic carbocycles. The maximum Gasteiger partial charge on any atom is 0.481 e. The van der Waals surface area contributed by atoms with Gasteiger partial charge in [0, 0.05) is 53.2 Å². The van der Waals surface area contributed by atoms with Crippen molar-refractivity contribution < 1.29 is 139 Å². The Kier molecular flexibility index (Phi) is 29.3. The minimum absolute atomic E-state index is 0.0325. The molecule has 0 bridgehead atoms. The quantitative estimate of drug-likeness (QED) is 0.00465. The fourth-order valence-corrected chi connectivity index (χ4v) is 15.1. The lowest BCUT2D eigenvalue weighted by molar-refractivity contribution is -0.130. The molecular weight excluding hydrogens is 1590 g/mol. The second-order valence-corrected chi connectivity index (χ2v) is 32.3. The summed E-state index contributed by atoms with van der Waals surface area (Å²) in [6, 6.07) is 23.9. The van der Waals surface area contributed by atoms with E-state index in [1.54, 1.807) is 66.7 Å². The van der Waals surface area contributed by atoms with Gasteiger partial charge < -0.3 is 73.3 Å². The number of amides is 3. The molecule has 4 aromatic heterocycles. The predicted octanol–water partition coefficient (Wildman–Crippen LogP) is 10.5. The molecule has 6 heterocycles. The van der Waals surface area contributed by atoms with Crippen LogP contribution in [0.3, 0.4) is 0 Å². The third kappa shape index (κ3) is 24.2. The molecule has 2 aliphatic heterocycles. The van der Waals surface area contributed by atoms with E-state index in [-0.39, 0.29) is 55.7 Å². The van der Waals surface area contributed by atoms with Crippen molar-refractivity contribution in [1.82, 2.24) is 39.0 Å². The number of halogens is 8. The van der Waals surface area contributed by atoms with Crippen LogP contribution in [0.2, 0.25) is 0 Å². The molecule has 576 valence electrons. The fourth-order valence-electron chi connectivity index (χ4n) is 9.26. The number of anilines is 5. The molecule has 10 atom stereocenters. The highest BCUT2D eigenvalue weighted by molar-refractivity contribution is 7.99. The monoisotopic (exact) mass is 1650 g/mol. The van der Waals surface area contributed by atoms with Crippen molar-refractivity contribution in [3.63, 3.8) is 0 Å². The molecular formula is C54H63F8N13O22P4S4. The van der Waals surface area contributed by atoms with Crippen molar-refractivity contribution in [3.8, 4) is 0 Å². The van der Waals surface area contributed by atoms with Gasteiger partial charge in [0.1, 0.15) is 18.3 Å². The van der Waals surface area contributed by atoms with Crippen LogP contribution < -0.4 is 26.6 Å². The van der Waals surface area contributed by atoms with Gasteiger partial charge in [-0.25, -0.2) is 53.4 Å². The number of hydrogen-bond acceptors (Lipinski definition) is 28. The van der Waals surface area contributed by atoms with Crippen LogP contribution in [0.15, 0.2) is 114 Å². The first-order chi connectivity index (χ1) is 49.3. The standard InChI is InChI=1S/C30H34F3N7O12P2S2.C24H29F5N6O10P2S2/c1-55-15-13-34-24-21-25(39-27(38-24)56-14-12-30(31,32)33)40(17-35-21)26-23(51-29(42)37-19-10-6-3-7-11-19)22(50-28(41)36-18-8-4-2-5-9-18)20(49-26)16-48-54(46,47)52-53(43,44)45;1-48-10-8-30-18-15-19(34-21(33-18)49-9-7-23(25,26)27)35(12-31-15)20-17(45-22(37)32-13-5-3-2-4-6-13)16(36)14(44-20)11-43-47(41,42)24(28,29)46(38,39)40/h2-11,17,20,22-23,26H,12-16H2,1H3,(H,36,41)(H,37,42)(H,46,47)(H,34,38,39)(H2,43,44,45);2-6,12,14,16-17,20,36H,7-11H2,1H3,(H,32,37)(H,41,42)(H,30,33,34)(H2,38,39,40)/t20-,22-,23-,26-;14-,16-,17-,20-/m11/s1. The van der Waals surface area contributed by atoms with Gasteiger partial charge in [-0.05, 0) is 48.9 Å².